The summed E-state index contributed by atoms with van der Waals surface area (Å²) < 4.78 is 66.9. The Morgan fingerprint density at radius 3 is 2.59 bits per heavy atom. The molecule has 0 saturated carbocycles. The predicted molar refractivity (Wildman–Crippen MR) is 134 cm³/mol. The quantitative estimate of drug-likeness (QED) is 0.449. The summed E-state index contributed by atoms with van der Waals surface area (Å²) in [7, 11) is 4.63. The Bertz CT molecular complexity index is 1350. The molecule has 3 aromatic rings. The van der Waals surface area contributed by atoms with E-state index >= 15 is 0 Å². The molecule has 2 aromatic carbocycles. The van der Waals surface area contributed by atoms with Crippen molar-refractivity contribution in [1.82, 2.24) is 15.2 Å². The highest BCUT2D eigenvalue weighted by molar-refractivity contribution is 5.83. The number of aromatic nitrogens is 1. The molecular weight excluding hydrogens is 483 g/mol. The highest BCUT2D eigenvalue weighted by Gasteiger charge is 2.37. The number of rotatable bonds is 8. The molecule has 1 amide bonds. The van der Waals surface area contributed by atoms with Crippen LogP contribution < -0.4 is 14.8 Å². The number of nitrogens with zero attached hydrogens (tertiary/aromatic N) is 2. The number of carbonyl (C=O) groups is 1. The summed E-state index contributed by atoms with van der Waals surface area (Å²) >= 11 is 0. The van der Waals surface area contributed by atoms with E-state index in [2.05, 4.69) is 10.3 Å². The van der Waals surface area contributed by atoms with E-state index in [0.717, 1.165) is 17.2 Å². The summed E-state index contributed by atoms with van der Waals surface area (Å²) in [4.78, 5) is 18.8. The largest absolute Gasteiger partial charge is 0.493 e. The summed E-state index contributed by atoms with van der Waals surface area (Å²) in [5.74, 6) is 0.807. The lowest BCUT2D eigenvalue weighted by molar-refractivity contribution is -0.141. The fourth-order valence-electron chi connectivity index (χ4n) is 4.84. The summed E-state index contributed by atoms with van der Waals surface area (Å²) in [6.45, 7) is 0.485. The molecule has 37 heavy (non-hydrogen) atoms. The first-order valence-electron chi connectivity index (χ1n) is 12.9. The number of halogens is 3. The molecule has 0 unspecified atom stereocenters. The van der Waals surface area contributed by atoms with Gasteiger partial charge in [0.15, 0.2) is 11.5 Å². The number of likely N-dealkylation sites (N-methyl/N-ethyl adjacent to an activating group) is 1. The second-order valence-electron chi connectivity index (χ2n) is 8.75. The standard InChI is InChI=1S/C28H30F3N3O3/c1-32-27(35)26(19-7-5-4-6-8-19)34-14-13-20-15-23(36-2)24(37-3)16-21(20)22(34)11-9-18-10-12-25(33-17-18)28(29,30)31/h4-8,10,12,15-17,22,26H,9,11,13-14H2,1-3H3,(H,32,35)/t22-,26+/m0/s1/i7T,17T. The molecule has 6 nitrogen and oxygen atoms in total. The molecule has 0 fully saturated rings. The highest BCUT2D eigenvalue weighted by atomic mass is 19.4. The van der Waals surface area contributed by atoms with Gasteiger partial charge in [-0.25, -0.2) is 0 Å². The summed E-state index contributed by atoms with van der Waals surface area (Å²) in [6.07, 6.45) is -3.82. The van der Waals surface area contributed by atoms with Crippen LogP contribution in [0.3, 0.4) is 0 Å². The first-order valence-corrected chi connectivity index (χ1v) is 11.9. The Morgan fingerprint density at radius 1 is 1.19 bits per heavy atom. The zero-order chi connectivity index (χ0) is 28.3. The van der Waals surface area contributed by atoms with E-state index in [4.69, 9.17) is 12.2 Å². The highest BCUT2D eigenvalue weighted by Crippen LogP contribution is 2.43. The number of amides is 1. The van der Waals surface area contributed by atoms with Crippen molar-refractivity contribution in [2.24, 2.45) is 0 Å². The van der Waals surface area contributed by atoms with Crippen molar-refractivity contribution in [2.45, 2.75) is 37.5 Å². The second kappa shape index (κ2) is 11.2. The molecule has 1 aromatic heterocycles. The van der Waals surface area contributed by atoms with Gasteiger partial charge in [0.2, 0.25) is 5.91 Å². The fourth-order valence-corrected chi connectivity index (χ4v) is 4.84. The SMILES string of the molecule is [3H]c1ccccc1[C@H](C(=O)NC)N1CCc2cc(OC)c(OC)cc2[C@@H]1CCc1ccc(C(F)(F)F)nc1[3H]. The monoisotopic (exact) mass is 517 g/mol. The van der Waals surface area contributed by atoms with E-state index in [9.17, 15) is 18.0 Å². The minimum atomic E-state index is -4.63. The van der Waals surface area contributed by atoms with Crippen LogP contribution in [0.15, 0.2) is 60.7 Å². The minimum Gasteiger partial charge on any atom is -0.493 e. The number of alkyl halides is 3. The normalized spacial score (nSPS) is 17.3. The smallest absolute Gasteiger partial charge is 0.433 e. The molecule has 0 saturated heterocycles. The van der Waals surface area contributed by atoms with Crippen molar-refractivity contribution in [3.63, 3.8) is 0 Å². The van der Waals surface area contributed by atoms with Gasteiger partial charge in [0.1, 0.15) is 11.7 Å². The third kappa shape index (κ3) is 5.72. The van der Waals surface area contributed by atoms with Crippen LogP contribution in [0.1, 0.15) is 49.2 Å². The average molecular weight is 518 g/mol. The van der Waals surface area contributed by atoms with Gasteiger partial charge in [0, 0.05) is 25.8 Å². The molecule has 0 aliphatic carbocycles. The summed E-state index contributed by atoms with van der Waals surface area (Å²) in [5.41, 5.74) is 1.70. The van der Waals surface area contributed by atoms with Crippen LogP contribution in [0.4, 0.5) is 13.2 Å². The maximum absolute atomic E-state index is 13.3. The van der Waals surface area contributed by atoms with Gasteiger partial charge in [0.25, 0.3) is 0 Å². The second-order valence-corrected chi connectivity index (χ2v) is 8.75. The lowest BCUT2D eigenvalue weighted by atomic mass is 9.86. The maximum Gasteiger partial charge on any atom is 0.433 e. The number of nitrogens with one attached hydrogen (secondary N) is 1. The van der Waals surface area contributed by atoms with E-state index < -0.39 is 24.1 Å². The van der Waals surface area contributed by atoms with Crippen LogP contribution in [0.25, 0.3) is 0 Å². The third-order valence-electron chi connectivity index (χ3n) is 6.64. The van der Waals surface area contributed by atoms with Crippen molar-refractivity contribution in [3.05, 3.63) is 88.7 Å². The Labute approximate surface area is 217 Å². The van der Waals surface area contributed by atoms with Gasteiger partial charge >= 0.3 is 6.18 Å². The molecule has 0 spiro atoms. The van der Waals surface area contributed by atoms with Crippen molar-refractivity contribution >= 4 is 5.91 Å². The van der Waals surface area contributed by atoms with Crippen LogP contribution in [0, 0.1) is 0 Å². The topological polar surface area (TPSA) is 63.7 Å². The third-order valence-corrected chi connectivity index (χ3v) is 6.64. The van der Waals surface area contributed by atoms with Crippen molar-refractivity contribution in [1.29, 1.82) is 0 Å². The molecule has 0 radical (unpaired) electrons. The molecule has 2 atom stereocenters. The molecule has 1 aliphatic rings. The van der Waals surface area contributed by atoms with E-state index in [1.54, 1.807) is 38.4 Å². The molecular formula is C28H30F3N3O3. The van der Waals surface area contributed by atoms with Crippen LogP contribution in [0.5, 0.6) is 11.5 Å². The number of pyridine rings is 1. The number of carbonyl (C=O) groups excluding carboxylic acids is 1. The maximum atomic E-state index is 13.3. The van der Waals surface area contributed by atoms with Gasteiger partial charge in [-0.3, -0.25) is 14.7 Å². The van der Waals surface area contributed by atoms with Gasteiger partial charge in [-0.2, -0.15) is 13.2 Å². The van der Waals surface area contributed by atoms with Crippen LogP contribution in [-0.4, -0.2) is 43.6 Å². The Balaban J connectivity index is 1.78. The minimum absolute atomic E-state index is 0.225. The van der Waals surface area contributed by atoms with Crippen LogP contribution in [0.2, 0.25) is 0 Å². The van der Waals surface area contributed by atoms with Gasteiger partial charge in [-0.15, -0.1) is 0 Å². The number of hydrogen-bond donors (Lipinski definition) is 1. The van der Waals surface area contributed by atoms with Crippen LogP contribution >= 0.6 is 0 Å². The lowest BCUT2D eigenvalue weighted by Gasteiger charge is -2.42. The molecule has 1 N–H and O–H groups in total. The van der Waals surface area contributed by atoms with Crippen molar-refractivity contribution in [3.8, 4) is 11.5 Å². The molecule has 0 bridgehead atoms. The lowest BCUT2D eigenvalue weighted by Crippen LogP contribution is -2.44. The summed E-state index contributed by atoms with van der Waals surface area (Å²) in [5, 5.41) is 2.72. The van der Waals surface area contributed by atoms with Gasteiger partial charge in [0.05, 0.1) is 17.0 Å². The first-order chi connectivity index (χ1) is 18.6. The Kier molecular flexibility index (Phi) is 7.21. The Morgan fingerprint density at radius 2 is 1.95 bits per heavy atom. The van der Waals surface area contributed by atoms with Crippen molar-refractivity contribution in [2.75, 3.05) is 27.8 Å². The zero-order valence-corrected chi connectivity index (χ0v) is 20.9. The average Bonchev–Trinajstić information content (AvgIpc) is 2.92. The molecule has 4 rings (SSSR count). The number of benzene rings is 2. The molecule has 9 heteroatoms. The number of methoxy groups -OCH3 is 2. The van der Waals surface area contributed by atoms with Gasteiger partial charge < -0.3 is 14.8 Å². The predicted octanol–water partition coefficient (Wildman–Crippen LogP) is 5.14. The van der Waals surface area contributed by atoms with Gasteiger partial charge in [-0.1, -0.05) is 36.4 Å². The summed E-state index contributed by atoms with van der Waals surface area (Å²) in [6, 6.07) is 11.9. The number of ether oxygens (including phenoxy) is 2. The molecule has 1 aliphatic heterocycles. The number of aryl methyl sites for hydroxylation is 1. The number of fused-ring (bicyclic) bond motifs is 1. The van der Waals surface area contributed by atoms with Crippen LogP contribution in [-0.2, 0) is 23.8 Å². The zero-order valence-electron chi connectivity index (χ0n) is 22.9. The van der Waals surface area contributed by atoms with E-state index in [1.807, 2.05) is 17.0 Å². The Hall–Kier alpha value is -3.59. The first kappa shape index (κ1) is 23.8. The van der Waals surface area contributed by atoms with E-state index in [0.29, 0.717) is 42.0 Å². The van der Waals surface area contributed by atoms with E-state index in [-0.39, 0.29) is 24.4 Å². The van der Waals surface area contributed by atoms with Crippen molar-refractivity contribution < 1.29 is 30.2 Å². The molecule has 196 valence electrons. The fraction of sp³-hybridized carbons (Fsp3) is 0.357. The molecule has 2 heterocycles. The van der Waals surface area contributed by atoms with Gasteiger partial charge in [-0.05, 0) is 59.7 Å². The number of hydrogen-bond acceptors (Lipinski definition) is 5. The van der Waals surface area contributed by atoms with E-state index in [1.165, 1.54) is 13.2 Å².